The number of nitrogens with one attached hydrogen (secondary N) is 3. The minimum atomic E-state index is -4.78. The molecule has 8 atom stereocenters. The van der Waals surface area contributed by atoms with E-state index in [1.165, 1.54) is 4.67 Å². The average molecular weight is 1040 g/mol. The number of para-hydroxylation sites is 1. The van der Waals surface area contributed by atoms with Crippen molar-refractivity contribution in [2.24, 2.45) is 0 Å². The first-order valence-corrected chi connectivity index (χ1v) is 26.0. The lowest BCUT2D eigenvalue weighted by atomic mass is 9.98. The zero-order valence-electron chi connectivity index (χ0n) is 41.8. The predicted octanol–water partition coefficient (Wildman–Crippen LogP) is 5.68. The lowest BCUT2D eigenvalue weighted by molar-refractivity contribution is -0.121. The Morgan fingerprint density at radius 2 is 1.21 bits per heavy atom. The molecule has 0 bridgehead atoms. The number of amides is 1. The number of alkyl halides is 2. The van der Waals surface area contributed by atoms with Crippen LogP contribution in [0.25, 0.3) is 0 Å². The van der Waals surface area contributed by atoms with E-state index in [-0.39, 0.29) is 19.0 Å². The summed E-state index contributed by atoms with van der Waals surface area (Å²) in [6.07, 6.45) is 19.1. The molecule has 2 fully saturated rings. The maximum Gasteiger partial charge on any atom is 0.435 e. The van der Waals surface area contributed by atoms with Crippen LogP contribution < -0.4 is 32.5 Å². The number of anilines is 1. The van der Waals surface area contributed by atoms with Gasteiger partial charge >= 0.3 is 19.1 Å². The van der Waals surface area contributed by atoms with Crippen LogP contribution in [0.3, 0.4) is 0 Å². The lowest BCUT2D eigenvalue weighted by Gasteiger charge is -2.34. The molecule has 0 saturated carbocycles. The van der Waals surface area contributed by atoms with Crippen LogP contribution in [0.2, 0.25) is 0 Å². The van der Waals surface area contributed by atoms with Gasteiger partial charge in [-0.3, -0.25) is 47.2 Å². The highest BCUT2D eigenvalue weighted by molar-refractivity contribution is 7.55. The van der Waals surface area contributed by atoms with Crippen molar-refractivity contribution < 1.29 is 46.9 Å². The summed E-state index contributed by atoms with van der Waals surface area (Å²) in [5.41, 5.74) is -8.51. The maximum atomic E-state index is 16.2. The molecule has 22 heteroatoms. The van der Waals surface area contributed by atoms with E-state index in [1.807, 2.05) is 14.9 Å². The molecular formula is C51H70F2N7O12P. The standard InChI is InChI=1S/C51H70F2N7O12P/c1-5-6-7-8-9-10-11-12-13-14-15-16-17-18-19-20-24-27-41(61)54-30-33-57(4)34-35-60(38-25-22-21-23-26-38)73(68,69-36-39-44(64)50(2,52)46(71-39)58-31-28-42(62)55-48(58)66)70-37-40-45(65)51(3,53)47(72-40)59-32-29-43(63)56-49(59)67/h6-7,9-10,12-13,15-16,18-19,21-23,25-26,28-29,31-32,39-40,44-47,64-65H,5,8,11,14,17,20,24,27,30,33-37H2,1-4H3,(H,54,61)(H,55,62,66)(H,56,63,67)/b7-6-,10-9-,13-12-,16-15-,19-18-/t39-,40-,44-,45-,46-,47-,50-,51-/m1/s1. The Bertz CT molecular complexity index is 2560. The van der Waals surface area contributed by atoms with E-state index in [1.54, 1.807) is 37.4 Å². The highest BCUT2D eigenvalue weighted by Gasteiger charge is 2.58. The van der Waals surface area contributed by atoms with Gasteiger partial charge in [-0.2, -0.15) is 0 Å². The fourth-order valence-electron chi connectivity index (χ4n) is 8.03. The maximum absolute atomic E-state index is 16.2. The summed E-state index contributed by atoms with van der Waals surface area (Å²) in [6, 6.07) is 10.2. The van der Waals surface area contributed by atoms with E-state index >= 15 is 13.3 Å². The Hall–Kier alpha value is -5.64. The van der Waals surface area contributed by atoms with Crippen molar-refractivity contribution in [2.75, 3.05) is 51.1 Å². The number of aliphatic hydroxyl groups is 2. The van der Waals surface area contributed by atoms with Crippen molar-refractivity contribution in [1.29, 1.82) is 0 Å². The Labute approximate surface area is 423 Å². The van der Waals surface area contributed by atoms with Crippen molar-refractivity contribution >= 4 is 19.3 Å². The highest BCUT2D eigenvalue weighted by Crippen LogP contribution is 2.56. The van der Waals surface area contributed by atoms with Crippen LogP contribution in [0.15, 0.2) is 135 Å². The number of H-pyrrole nitrogens is 2. The fraction of sp³-hybridized carbons (Fsp3) is 0.510. The van der Waals surface area contributed by atoms with Crippen molar-refractivity contribution in [3.05, 3.63) is 157 Å². The number of nitrogens with zero attached hydrogens (tertiary/aromatic N) is 4. The molecule has 2 aromatic heterocycles. The molecule has 0 unspecified atom stereocenters. The first-order chi connectivity index (χ1) is 34.9. The second-order valence-electron chi connectivity index (χ2n) is 18.1. The van der Waals surface area contributed by atoms with Gasteiger partial charge in [0, 0.05) is 62.8 Å². The Kier molecular flexibility index (Phi) is 22.5. The zero-order chi connectivity index (χ0) is 53.0. The molecule has 5 N–H and O–H groups in total. The molecule has 4 heterocycles. The number of unbranched alkanes of at least 4 members (excludes halogenated alkanes) is 1. The van der Waals surface area contributed by atoms with E-state index in [4.69, 9.17) is 18.5 Å². The number of aliphatic hydroxyl groups excluding tert-OH is 2. The Morgan fingerprint density at radius 1 is 0.740 bits per heavy atom. The number of halogens is 2. The van der Waals surface area contributed by atoms with E-state index in [2.05, 4.69) is 73.0 Å². The fourth-order valence-corrected chi connectivity index (χ4v) is 9.81. The number of benzene rings is 1. The molecule has 2 aliphatic rings. The van der Waals surface area contributed by atoms with Gasteiger partial charge in [-0.15, -0.1) is 0 Å². The van der Waals surface area contributed by atoms with Gasteiger partial charge in [0.15, 0.2) is 23.8 Å². The molecule has 3 aromatic rings. The summed E-state index contributed by atoms with van der Waals surface area (Å²) >= 11 is 0. The third-order valence-electron chi connectivity index (χ3n) is 12.2. The largest absolute Gasteiger partial charge is 0.435 e. The third-order valence-corrected chi connectivity index (χ3v) is 14.2. The van der Waals surface area contributed by atoms with Crippen LogP contribution in [0.5, 0.6) is 0 Å². The average Bonchev–Trinajstić information content (AvgIpc) is 3.72. The second-order valence-corrected chi connectivity index (χ2v) is 20.0. The van der Waals surface area contributed by atoms with Gasteiger partial charge in [-0.05, 0) is 78.0 Å². The number of rotatable bonds is 29. The molecule has 73 heavy (non-hydrogen) atoms. The third kappa shape index (κ3) is 16.7. The number of ether oxygens (including phenoxy) is 2. The molecule has 0 radical (unpaired) electrons. The summed E-state index contributed by atoms with van der Waals surface area (Å²) < 4.78 is 74.3. The van der Waals surface area contributed by atoms with Gasteiger partial charge < -0.3 is 29.9 Å². The molecule has 400 valence electrons. The first kappa shape index (κ1) is 58.3. The smallest absolute Gasteiger partial charge is 0.387 e. The number of likely N-dealkylation sites (N-methyl/N-ethyl adjacent to an activating group) is 1. The van der Waals surface area contributed by atoms with Crippen molar-refractivity contribution in [3.63, 3.8) is 0 Å². The first-order valence-electron chi connectivity index (χ1n) is 24.5. The zero-order valence-corrected chi connectivity index (χ0v) is 42.7. The van der Waals surface area contributed by atoms with Crippen LogP contribution in [-0.4, -0.2) is 122 Å². The second kappa shape index (κ2) is 28.1. The minimum absolute atomic E-state index is 0.0758. The minimum Gasteiger partial charge on any atom is -0.387 e. The molecule has 5 rings (SSSR count). The molecule has 2 aliphatic heterocycles. The van der Waals surface area contributed by atoms with Crippen LogP contribution >= 0.6 is 7.75 Å². The number of carbonyl (C=O) groups excluding carboxylic acids is 1. The molecular weight excluding hydrogens is 972 g/mol. The molecule has 2 saturated heterocycles. The van der Waals surface area contributed by atoms with Crippen LogP contribution in [0, 0.1) is 0 Å². The lowest BCUT2D eigenvalue weighted by Crippen LogP contribution is -2.44. The molecule has 0 aliphatic carbocycles. The Balaban J connectivity index is 1.20. The summed E-state index contributed by atoms with van der Waals surface area (Å²) in [4.78, 5) is 67.4. The number of aromatic amines is 2. The number of hydrogen-bond acceptors (Lipinski definition) is 13. The van der Waals surface area contributed by atoms with Gasteiger partial charge in [0.25, 0.3) is 11.1 Å². The number of carbonyl (C=O) groups is 1. The van der Waals surface area contributed by atoms with E-state index in [0.29, 0.717) is 31.6 Å². The van der Waals surface area contributed by atoms with Gasteiger partial charge in [0.05, 0.1) is 13.2 Å². The van der Waals surface area contributed by atoms with Crippen LogP contribution in [0.1, 0.15) is 84.6 Å². The van der Waals surface area contributed by atoms with E-state index < -0.39 is 91.7 Å². The molecule has 1 amide bonds. The van der Waals surface area contributed by atoms with E-state index in [9.17, 15) is 34.2 Å². The van der Waals surface area contributed by atoms with Gasteiger partial charge in [0.2, 0.25) is 5.91 Å². The Morgan fingerprint density at radius 3 is 1.67 bits per heavy atom. The topological polar surface area (TPSA) is 240 Å². The summed E-state index contributed by atoms with van der Waals surface area (Å²) in [6.45, 7) is 3.26. The van der Waals surface area contributed by atoms with Crippen molar-refractivity contribution in [2.45, 2.75) is 120 Å². The summed E-state index contributed by atoms with van der Waals surface area (Å²) in [7, 11) is -3.01. The molecule has 19 nitrogen and oxygen atoms in total. The van der Waals surface area contributed by atoms with Crippen LogP contribution in [0.4, 0.5) is 14.5 Å². The van der Waals surface area contributed by atoms with Crippen molar-refractivity contribution in [1.82, 2.24) is 29.3 Å². The van der Waals surface area contributed by atoms with Crippen molar-refractivity contribution in [3.8, 4) is 0 Å². The van der Waals surface area contributed by atoms with Gasteiger partial charge in [0.1, 0.15) is 24.4 Å². The number of aromatic nitrogens is 4. The highest BCUT2D eigenvalue weighted by atomic mass is 31.2. The monoisotopic (exact) mass is 1040 g/mol. The predicted molar refractivity (Wildman–Crippen MR) is 274 cm³/mol. The van der Waals surface area contributed by atoms with E-state index in [0.717, 1.165) is 86.0 Å². The quantitative estimate of drug-likeness (QED) is 0.0320. The SMILES string of the molecule is CC/C=C\C/C=C\C/C=C\C/C=C\C/C=C\CCCC(=O)NCCN(C)CCN(c1ccccc1)P(=O)(OC[C@H]1O[C@@H](n2ccc(=O)[nH]c2=O)[C@](C)(F)[C@@H]1O)OC[C@H]1O[C@@H](n2ccc(=O)[nH]c2=O)[C@](C)(F)[C@@H]1O. The van der Waals surface area contributed by atoms with Crippen LogP contribution in [-0.2, 0) is 27.9 Å². The molecule has 0 spiro atoms. The molecule has 1 aromatic carbocycles. The number of hydrogen-bond donors (Lipinski definition) is 5. The summed E-state index contributed by atoms with van der Waals surface area (Å²) in [5.74, 6) is -0.111. The normalized spacial score (nSPS) is 24.7. The van der Waals surface area contributed by atoms with Gasteiger partial charge in [-0.1, -0.05) is 85.9 Å². The summed E-state index contributed by atoms with van der Waals surface area (Å²) in [5, 5.41) is 25.3. The number of allylic oxidation sites excluding steroid dienone is 10. The van der Waals surface area contributed by atoms with Gasteiger partial charge in [-0.25, -0.2) is 22.9 Å².